The molecule has 7 nitrogen and oxygen atoms in total. The molecule has 2 amide bonds. The second-order valence-electron chi connectivity index (χ2n) is 10.9. The van der Waals surface area contributed by atoms with E-state index < -0.39 is 21.9 Å². The van der Waals surface area contributed by atoms with E-state index in [-0.39, 0.29) is 55.1 Å². The van der Waals surface area contributed by atoms with E-state index in [1.807, 2.05) is 62.4 Å². The number of nitrogens with zero attached hydrogens (tertiary/aromatic N) is 2. The summed E-state index contributed by atoms with van der Waals surface area (Å²) in [5.41, 5.74) is 1.76. The van der Waals surface area contributed by atoms with Crippen LogP contribution in [0.4, 0.5) is 10.1 Å². The molecule has 1 N–H and O–H groups in total. The van der Waals surface area contributed by atoms with Crippen molar-refractivity contribution in [3.63, 3.8) is 0 Å². The number of rotatable bonds is 12. The SMILES string of the molecule is CC[C@@H](C)NC(=O)[C@@H](Cc1ccccc1)N(Cc1ccccc1F)C(=O)CCCN1c2cccc3cccc(c23)S1(=O)=O. The number of hydrogen-bond acceptors (Lipinski definition) is 4. The van der Waals surface area contributed by atoms with Crippen LogP contribution in [0.25, 0.3) is 10.8 Å². The first-order valence-electron chi connectivity index (χ1n) is 14.6. The van der Waals surface area contributed by atoms with Crippen molar-refractivity contribution >= 4 is 38.3 Å². The zero-order chi connectivity index (χ0) is 30.6. The van der Waals surface area contributed by atoms with Gasteiger partial charge in [-0.25, -0.2) is 12.8 Å². The Morgan fingerprint density at radius 3 is 2.35 bits per heavy atom. The Hall–Kier alpha value is -4.24. The topological polar surface area (TPSA) is 86.8 Å². The fourth-order valence-corrected chi connectivity index (χ4v) is 7.27. The zero-order valence-corrected chi connectivity index (χ0v) is 25.2. The number of hydrogen-bond donors (Lipinski definition) is 1. The largest absolute Gasteiger partial charge is 0.352 e. The van der Waals surface area contributed by atoms with Gasteiger partial charge in [-0.05, 0) is 48.9 Å². The maximum atomic E-state index is 14.8. The number of benzene rings is 4. The Labute approximate surface area is 252 Å². The van der Waals surface area contributed by atoms with Gasteiger partial charge in [-0.15, -0.1) is 0 Å². The Kier molecular flexibility index (Phi) is 9.11. The van der Waals surface area contributed by atoms with Gasteiger partial charge in [-0.1, -0.05) is 79.7 Å². The average Bonchev–Trinajstić information content (AvgIpc) is 3.23. The van der Waals surface area contributed by atoms with E-state index >= 15 is 0 Å². The van der Waals surface area contributed by atoms with Gasteiger partial charge in [0.15, 0.2) is 0 Å². The van der Waals surface area contributed by atoms with Gasteiger partial charge in [0.25, 0.3) is 10.0 Å². The Morgan fingerprint density at radius 2 is 1.63 bits per heavy atom. The third-order valence-corrected chi connectivity index (χ3v) is 9.86. The molecule has 0 fully saturated rings. The summed E-state index contributed by atoms with van der Waals surface area (Å²) < 4.78 is 43.0. The Balaban J connectivity index is 1.41. The average molecular weight is 602 g/mol. The van der Waals surface area contributed by atoms with Gasteiger partial charge in [-0.2, -0.15) is 0 Å². The van der Waals surface area contributed by atoms with Crippen molar-refractivity contribution in [3.05, 3.63) is 108 Å². The van der Waals surface area contributed by atoms with E-state index in [2.05, 4.69) is 5.32 Å². The van der Waals surface area contributed by atoms with Crippen molar-refractivity contribution in [1.82, 2.24) is 10.2 Å². The quantitative estimate of drug-likeness (QED) is 0.222. The summed E-state index contributed by atoms with van der Waals surface area (Å²) in [6.45, 7) is 3.86. The summed E-state index contributed by atoms with van der Waals surface area (Å²) in [6, 6.07) is 25.3. The van der Waals surface area contributed by atoms with Crippen molar-refractivity contribution in [3.8, 4) is 0 Å². The molecule has 4 aromatic rings. The minimum atomic E-state index is -3.76. The van der Waals surface area contributed by atoms with Crippen LogP contribution in [0.5, 0.6) is 0 Å². The summed E-state index contributed by atoms with van der Waals surface area (Å²) in [5.74, 6) is -1.13. The van der Waals surface area contributed by atoms with Crippen LogP contribution in [0.1, 0.15) is 44.2 Å². The van der Waals surface area contributed by atoms with E-state index in [0.29, 0.717) is 23.1 Å². The summed E-state index contributed by atoms with van der Waals surface area (Å²) in [6.07, 6.45) is 1.17. The molecule has 4 aromatic carbocycles. The normalized spacial score (nSPS) is 14.8. The van der Waals surface area contributed by atoms with Crippen LogP contribution in [-0.2, 0) is 32.6 Å². The monoisotopic (exact) mass is 601 g/mol. The lowest BCUT2D eigenvalue weighted by Crippen LogP contribution is -2.52. The highest BCUT2D eigenvalue weighted by Crippen LogP contribution is 2.42. The van der Waals surface area contributed by atoms with Crippen molar-refractivity contribution in [2.24, 2.45) is 0 Å². The van der Waals surface area contributed by atoms with Gasteiger partial charge in [0, 0.05) is 42.9 Å². The standard InChI is InChI=1S/C34H36FN3O4S/c1-3-24(2)36-34(40)30(22-25-12-5-4-6-13-25)37(23-27-14-7-8-17-28(27)35)32(39)20-11-21-38-29-18-9-15-26-16-10-19-31(33(26)29)43(38,41)42/h4-10,12-19,24,30H,3,11,20-23H2,1-2H3,(H,36,40)/t24-,30-/m1/s1. The third kappa shape index (κ3) is 6.41. The molecular weight excluding hydrogens is 565 g/mol. The molecule has 0 spiro atoms. The summed E-state index contributed by atoms with van der Waals surface area (Å²) >= 11 is 0. The Morgan fingerprint density at radius 1 is 0.930 bits per heavy atom. The number of carbonyl (C=O) groups excluding carboxylic acids is 2. The molecule has 5 rings (SSSR count). The van der Waals surface area contributed by atoms with E-state index in [1.54, 1.807) is 36.4 Å². The lowest BCUT2D eigenvalue weighted by Gasteiger charge is -2.32. The summed E-state index contributed by atoms with van der Waals surface area (Å²) in [5, 5.41) is 4.52. The number of amides is 2. The first-order valence-corrected chi connectivity index (χ1v) is 16.1. The van der Waals surface area contributed by atoms with E-state index in [1.165, 1.54) is 15.3 Å². The predicted molar refractivity (Wildman–Crippen MR) is 166 cm³/mol. The lowest BCUT2D eigenvalue weighted by molar-refractivity contribution is -0.141. The minimum Gasteiger partial charge on any atom is -0.352 e. The van der Waals surface area contributed by atoms with Gasteiger partial charge in [0.05, 0.1) is 10.6 Å². The predicted octanol–water partition coefficient (Wildman–Crippen LogP) is 5.82. The molecule has 1 aliphatic heterocycles. The molecule has 0 aromatic heterocycles. The number of halogens is 1. The number of carbonyl (C=O) groups is 2. The molecule has 9 heteroatoms. The maximum absolute atomic E-state index is 14.8. The van der Waals surface area contributed by atoms with Gasteiger partial charge in [0.2, 0.25) is 11.8 Å². The molecule has 1 aliphatic rings. The minimum absolute atomic E-state index is 0.0192. The van der Waals surface area contributed by atoms with Crippen LogP contribution in [0.15, 0.2) is 95.9 Å². The number of nitrogens with one attached hydrogen (secondary N) is 1. The van der Waals surface area contributed by atoms with Gasteiger partial charge >= 0.3 is 0 Å². The van der Waals surface area contributed by atoms with Crippen LogP contribution in [0, 0.1) is 5.82 Å². The van der Waals surface area contributed by atoms with Crippen molar-refractivity contribution in [2.45, 2.75) is 63.1 Å². The highest BCUT2D eigenvalue weighted by molar-refractivity contribution is 7.93. The summed E-state index contributed by atoms with van der Waals surface area (Å²) in [4.78, 5) is 29.3. The van der Waals surface area contributed by atoms with E-state index in [4.69, 9.17) is 0 Å². The molecule has 0 bridgehead atoms. The van der Waals surface area contributed by atoms with Crippen LogP contribution >= 0.6 is 0 Å². The van der Waals surface area contributed by atoms with Crippen LogP contribution in [0.3, 0.4) is 0 Å². The molecule has 1 heterocycles. The first-order chi connectivity index (χ1) is 20.7. The Bertz CT molecular complexity index is 1720. The van der Waals surface area contributed by atoms with E-state index in [0.717, 1.165) is 10.9 Å². The number of sulfonamides is 1. The second kappa shape index (κ2) is 13.0. The molecule has 0 saturated heterocycles. The van der Waals surface area contributed by atoms with Crippen LogP contribution < -0.4 is 9.62 Å². The smallest absolute Gasteiger partial charge is 0.265 e. The fourth-order valence-electron chi connectivity index (χ4n) is 5.52. The first kappa shape index (κ1) is 30.2. The van der Waals surface area contributed by atoms with Crippen LogP contribution in [-0.4, -0.2) is 43.8 Å². The van der Waals surface area contributed by atoms with E-state index in [9.17, 15) is 22.4 Å². The summed E-state index contributed by atoms with van der Waals surface area (Å²) in [7, 11) is -3.76. The van der Waals surface area contributed by atoms with Gasteiger partial charge < -0.3 is 10.2 Å². The second-order valence-corrected chi connectivity index (χ2v) is 12.8. The highest BCUT2D eigenvalue weighted by atomic mass is 32.2. The molecule has 224 valence electrons. The molecule has 0 aliphatic carbocycles. The third-order valence-electron chi connectivity index (χ3n) is 8.00. The molecule has 0 unspecified atom stereocenters. The van der Waals surface area contributed by atoms with Crippen molar-refractivity contribution in [2.75, 3.05) is 10.8 Å². The molecule has 0 radical (unpaired) electrons. The molecule has 43 heavy (non-hydrogen) atoms. The number of anilines is 1. The molecule has 0 saturated carbocycles. The van der Waals surface area contributed by atoms with Gasteiger partial charge in [0.1, 0.15) is 11.9 Å². The zero-order valence-electron chi connectivity index (χ0n) is 24.4. The highest BCUT2D eigenvalue weighted by Gasteiger charge is 2.36. The van der Waals surface area contributed by atoms with Crippen molar-refractivity contribution in [1.29, 1.82) is 0 Å². The maximum Gasteiger partial charge on any atom is 0.265 e. The van der Waals surface area contributed by atoms with Crippen LogP contribution in [0.2, 0.25) is 0 Å². The molecular formula is C34H36FN3O4S. The van der Waals surface area contributed by atoms with Gasteiger partial charge in [-0.3, -0.25) is 13.9 Å². The lowest BCUT2D eigenvalue weighted by atomic mass is 10.0. The molecule has 2 atom stereocenters. The fraction of sp³-hybridized carbons (Fsp3) is 0.294. The van der Waals surface area contributed by atoms with Crippen molar-refractivity contribution < 1.29 is 22.4 Å².